The molecule has 0 spiro atoms. The fourth-order valence-corrected chi connectivity index (χ4v) is 4.61. The van der Waals surface area contributed by atoms with E-state index in [4.69, 9.17) is 0 Å². The maximum absolute atomic E-state index is 13.1. The number of hydrogen-bond donors (Lipinski definition) is 0. The van der Waals surface area contributed by atoms with E-state index in [1.807, 2.05) is 27.7 Å². The Labute approximate surface area is 139 Å². The lowest BCUT2D eigenvalue weighted by Gasteiger charge is -2.21. The van der Waals surface area contributed by atoms with Gasteiger partial charge in [-0.1, -0.05) is 53.2 Å². The molecular weight excluding hydrogens is 308 g/mol. The van der Waals surface area contributed by atoms with Gasteiger partial charge in [0.15, 0.2) is 0 Å². The molecule has 0 aliphatic carbocycles. The van der Waals surface area contributed by atoms with Crippen molar-refractivity contribution in [3.63, 3.8) is 0 Å². The fraction of sp³-hybridized carbons (Fsp3) is 0.500. The molecule has 126 valence electrons. The van der Waals surface area contributed by atoms with Gasteiger partial charge in [0.1, 0.15) is 6.33 Å². The summed E-state index contributed by atoms with van der Waals surface area (Å²) in [6.07, 6.45) is 6.34. The molecule has 5 heteroatoms. The van der Waals surface area contributed by atoms with Gasteiger partial charge in [0.25, 0.3) is 10.0 Å². The van der Waals surface area contributed by atoms with E-state index >= 15 is 0 Å². The summed E-state index contributed by atoms with van der Waals surface area (Å²) in [6.45, 7) is 10.3. The number of rotatable bonds is 6. The highest BCUT2D eigenvalue weighted by molar-refractivity contribution is 7.90. The van der Waals surface area contributed by atoms with Crippen LogP contribution < -0.4 is 0 Å². The first-order chi connectivity index (χ1) is 10.8. The second-order valence-electron chi connectivity index (χ2n) is 6.56. The minimum absolute atomic E-state index is 0.137. The average molecular weight is 334 g/mol. The van der Waals surface area contributed by atoms with Gasteiger partial charge in [-0.15, -0.1) is 0 Å². The molecule has 0 N–H and O–H groups in total. The zero-order valence-electron chi connectivity index (χ0n) is 14.6. The van der Waals surface area contributed by atoms with Crippen LogP contribution >= 0.6 is 0 Å². The third-order valence-electron chi connectivity index (χ3n) is 4.00. The first-order valence-electron chi connectivity index (χ1n) is 8.19. The first-order valence-corrected chi connectivity index (χ1v) is 9.63. The Bertz CT molecular complexity index is 731. The summed E-state index contributed by atoms with van der Waals surface area (Å²) < 4.78 is 27.5. The Kier molecular flexibility index (Phi) is 5.30. The molecule has 0 radical (unpaired) electrons. The van der Waals surface area contributed by atoms with Crippen molar-refractivity contribution in [2.75, 3.05) is 0 Å². The molecule has 2 rings (SSSR count). The molecule has 0 atom stereocenters. The van der Waals surface area contributed by atoms with Crippen LogP contribution in [-0.2, 0) is 16.4 Å². The summed E-state index contributed by atoms with van der Waals surface area (Å²) in [5.74, 6) is 0.273. The fourth-order valence-electron chi connectivity index (χ4n) is 2.82. The number of hydrogen-bond acceptors (Lipinski definition) is 3. The molecule has 1 heterocycles. The van der Waals surface area contributed by atoms with Crippen molar-refractivity contribution >= 4 is 10.0 Å². The van der Waals surface area contributed by atoms with Crippen molar-refractivity contribution < 1.29 is 8.42 Å². The highest BCUT2D eigenvalue weighted by atomic mass is 32.2. The lowest BCUT2D eigenvalue weighted by Crippen LogP contribution is -2.17. The Morgan fingerprint density at radius 1 is 1.09 bits per heavy atom. The maximum atomic E-state index is 13.1. The largest absolute Gasteiger partial charge is 0.269 e. The summed E-state index contributed by atoms with van der Waals surface area (Å²) in [5.41, 5.74) is 3.01. The van der Waals surface area contributed by atoms with E-state index in [1.165, 1.54) is 28.3 Å². The number of aromatic nitrogens is 2. The van der Waals surface area contributed by atoms with E-state index in [2.05, 4.69) is 24.0 Å². The highest BCUT2D eigenvalue weighted by Gasteiger charge is 2.27. The zero-order chi connectivity index (χ0) is 17.2. The van der Waals surface area contributed by atoms with Crippen molar-refractivity contribution in [3.05, 3.63) is 47.5 Å². The molecule has 1 aromatic carbocycles. The molecule has 0 aliphatic heterocycles. The molecule has 4 nitrogen and oxygen atoms in total. The lowest BCUT2D eigenvalue weighted by molar-refractivity contribution is 0.581. The van der Waals surface area contributed by atoms with Crippen LogP contribution in [-0.4, -0.2) is 17.4 Å². The average Bonchev–Trinajstić information content (AvgIpc) is 3.01. The van der Waals surface area contributed by atoms with Gasteiger partial charge in [-0.05, 0) is 34.9 Å². The molecule has 0 unspecified atom stereocenters. The third kappa shape index (κ3) is 3.50. The Morgan fingerprint density at radius 3 is 2.04 bits per heavy atom. The summed E-state index contributed by atoms with van der Waals surface area (Å²) >= 11 is 0. The molecule has 23 heavy (non-hydrogen) atoms. The van der Waals surface area contributed by atoms with Crippen LogP contribution in [0.4, 0.5) is 0 Å². The number of aryl methyl sites for hydroxylation is 1. The molecule has 1 aromatic heterocycles. The quantitative estimate of drug-likeness (QED) is 0.790. The van der Waals surface area contributed by atoms with Crippen LogP contribution in [0.1, 0.15) is 69.6 Å². The Balaban J connectivity index is 2.79. The van der Waals surface area contributed by atoms with Gasteiger partial charge in [-0.25, -0.2) is 17.4 Å². The van der Waals surface area contributed by atoms with E-state index in [0.717, 1.165) is 24.0 Å². The topological polar surface area (TPSA) is 52.0 Å². The molecule has 2 aromatic rings. The van der Waals surface area contributed by atoms with E-state index in [-0.39, 0.29) is 11.8 Å². The van der Waals surface area contributed by atoms with Crippen LogP contribution in [0.3, 0.4) is 0 Å². The molecule has 0 bridgehead atoms. The molecule has 0 saturated carbocycles. The Hall–Kier alpha value is -1.62. The van der Waals surface area contributed by atoms with Gasteiger partial charge in [0.2, 0.25) is 0 Å². The van der Waals surface area contributed by atoms with Crippen LogP contribution in [0.15, 0.2) is 35.7 Å². The summed E-state index contributed by atoms with van der Waals surface area (Å²) in [4.78, 5) is 4.34. The minimum atomic E-state index is -3.62. The Morgan fingerprint density at radius 2 is 1.65 bits per heavy atom. The molecular formula is C18H26N2O2S. The number of imidazole rings is 1. The monoisotopic (exact) mass is 334 g/mol. The van der Waals surface area contributed by atoms with E-state index in [0.29, 0.717) is 4.90 Å². The van der Waals surface area contributed by atoms with Crippen molar-refractivity contribution in [3.8, 4) is 0 Å². The molecule has 0 amide bonds. The smallest absolute Gasteiger partial charge is 0.244 e. The molecule has 0 saturated heterocycles. The number of nitrogens with zero attached hydrogens (tertiary/aromatic N) is 2. The van der Waals surface area contributed by atoms with Gasteiger partial charge < -0.3 is 0 Å². The van der Waals surface area contributed by atoms with Gasteiger partial charge >= 0.3 is 0 Å². The number of benzene rings is 1. The normalized spacial score (nSPS) is 12.3. The van der Waals surface area contributed by atoms with Gasteiger partial charge in [0, 0.05) is 12.4 Å². The van der Waals surface area contributed by atoms with Crippen molar-refractivity contribution in [1.29, 1.82) is 0 Å². The van der Waals surface area contributed by atoms with Crippen LogP contribution in [0, 0.1) is 0 Å². The van der Waals surface area contributed by atoms with Crippen LogP contribution in [0.2, 0.25) is 0 Å². The van der Waals surface area contributed by atoms with E-state index in [1.54, 1.807) is 0 Å². The summed E-state index contributed by atoms with van der Waals surface area (Å²) in [6, 6.07) is 4.12. The SMILES string of the molecule is CCCc1cc(C(C)C)c(S(=O)(=O)n2ccnc2)c(C(C)C)c1. The van der Waals surface area contributed by atoms with Crippen molar-refractivity contribution in [1.82, 2.24) is 8.96 Å². The second kappa shape index (κ2) is 6.87. The predicted octanol–water partition coefficient (Wildman–Crippen LogP) is 4.32. The van der Waals surface area contributed by atoms with E-state index < -0.39 is 10.0 Å². The van der Waals surface area contributed by atoms with Gasteiger partial charge in [-0.2, -0.15) is 0 Å². The maximum Gasteiger partial charge on any atom is 0.269 e. The van der Waals surface area contributed by atoms with Gasteiger partial charge in [-0.3, -0.25) is 0 Å². The van der Waals surface area contributed by atoms with Gasteiger partial charge in [0.05, 0.1) is 4.90 Å². The van der Waals surface area contributed by atoms with Crippen molar-refractivity contribution in [2.24, 2.45) is 0 Å². The summed E-state index contributed by atoms with van der Waals surface area (Å²) in [5, 5.41) is 0. The predicted molar refractivity (Wildman–Crippen MR) is 93.4 cm³/mol. The van der Waals surface area contributed by atoms with Crippen molar-refractivity contribution in [2.45, 2.75) is 64.2 Å². The second-order valence-corrected chi connectivity index (χ2v) is 8.34. The minimum Gasteiger partial charge on any atom is -0.244 e. The molecule has 0 aliphatic rings. The van der Waals surface area contributed by atoms with Crippen LogP contribution in [0.5, 0.6) is 0 Å². The first kappa shape index (κ1) is 17.7. The highest BCUT2D eigenvalue weighted by Crippen LogP contribution is 2.34. The third-order valence-corrected chi connectivity index (χ3v) is 5.76. The summed E-state index contributed by atoms with van der Waals surface area (Å²) in [7, 11) is -3.62. The molecule has 0 fully saturated rings. The lowest BCUT2D eigenvalue weighted by atomic mass is 9.91. The standard InChI is InChI=1S/C18H26N2O2S/c1-6-7-15-10-16(13(2)3)18(17(11-15)14(4)5)23(21,22)20-9-8-19-12-20/h8-14H,6-7H2,1-5H3. The van der Waals surface area contributed by atoms with Crippen LogP contribution in [0.25, 0.3) is 0 Å². The van der Waals surface area contributed by atoms with E-state index in [9.17, 15) is 8.42 Å². The zero-order valence-corrected chi connectivity index (χ0v) is 15.4.